The third kappa shape index (κ3) is 6.47. The van der Waals surface area contributed by atoms with Gasteiger partial charge in [0.1, 0.15) is 12.7 Å². The van der Waals surface area contributed by atoms with E-state index in [4.69, 9.17) is 4.99 Å². The molecule has 1 aliphatic heterocycles. The second-order valence-corrected chi connectivity index (χ2v) is 6.82. The van der Waals surface area contributed by atoms with E-state index in [-0.39, 0.29) is 0 Å². The first-order chi connectivity index (χ1) is 11.7. The minimum absolute atomic E-state index is 0.740. The molecule has 1 aromatic heterocycles. The van der Waals surface area contributed by atoms with Crippen LogP contribution in [-0.4, -0.2) is 76.3 Å². The molecular weight excluding hydrogens is 302 g/mol. The van der Waals surface area contributed by atoms with Crippen molar-refractivity contribution in [3.63, 3.8) is 0 Å². The summed E-state index contributed by atoms with van der Waals surface area (Å²) in [5.74, 6) is 1.81. The van der Waals surface area contributed by atoms with Crippen LogP contribution in [0.3, 0.4) is 0 Å². The van der Waals surface area contributed by atoms with Crippen LogP contribution in [0.15, 0.2) is 17.6 Å². The molecule has 24 heavy (non-hydrogen) atoms. The molecule has 1 fully saturated rings. The van der Waals surface area contributed by atoms with Crippen molar-refractivity contribution in [3.05, 3.63) is 12.7 Å². The van der Waals surface area contributed by atoms with Crippen molar-refractivity contribution in [2.45, 2.75) is 40.2 Å². The highest BCUT2D eigenvalue weighted by molar-refractivity contribution is 5.80. The number of hydrogen-bond donors (Lipinski definition) is 1. The minimum Gasteiger partial charge on any atom is -0.357 e. The van der Waals surface area contributed by atoms with E-state index in [1.807, 2.05) is 4.57 Å². The van der Waals surface area contributed by atoms with Crippen LogP contribution in [-0.2, 0) is 6.54 Å². The molecule has 1 aromatic rings. The Hall–Kier alpha value is -1.63. The maximum Gasteiger partial charge on any atom is 0.194 e. The summed E-state index contributed by atoms with van der Waals surface area (Å²) in [6, 6.07) is 0. The maximum absolute atomic E-state index is 4.81. The molecule has 136 valence electrons. The molecule has 0 aromatic carbocycles. The van der Waals surface area contributed by atoms with E-state index in [0.717, 1.165) is 70.5 Å². The molecule has 0 spiro atoms. The van der Waals surface area contributed by atoms with E-state index in [1.54, 1.807) is 12.7 Å². The Bertz CT molecular complexity index is 461. The highest BCUT2D eigenvalue weighted by Gasteiger charge is 2.19. The van der Waals surface area contributed by atoms with Crippen molar-refractivity contribution in [1.29, 1.82) is 0 Å². The molecular formula is C17H33N7. The van der Waals surface area contributed by atoms with Gasteiger partial charge in [-0.3, -0.25) is 9.89 Å². The molecule has 0 saturated carbocycles. The van der Waals surface area contributed by atoms with Gasteiger partial charge in [-0.2, -0.15) is 0 Å². The number of guanidine groups is 1. The molecule has 1 saturated heterocycles. The van der Waals surface area contributed by atoms with Crippen LogP contribution in [0, 0.1) is 5.92 Å². The Morgan fingerprint density at radius 2 is 1.83 bits per heavy atom. The van der Waals surface area contributed by atoms with Crippen LogP contribution in [0.25, 0.3) is 0 Å². The summed E-state index contributed by atoms with van der Waals surface area (Å²) < 4.78 is 2.02. The standard InChI is InChI=1S/C17H33N7/c1-4-18-17(19-7-5-6-8-23-14-20-21-15-23)24-11-9-22(10-12-24)13-16(2)3/h14-16H,4-13H2,1-3H3,(H,18,19). The average molecular weight is 336 g/mol. The first-order valence-electron chi connectivity index (χ1n) is 9.27. The predicted molar refractivity (Wildman–Crippen MR) is 98.1 cm³/mol. The lowest BCUT2D eigenvalue weighted by Crippen LogP contribution is -2.53. The zero-order valence-electron chi connectivity index (χ0n) is 15.5. The molecule has 0 aliphatic carbocycles. The van der Waals surface area contributed by atoms with Crippen LogP contribution in [0.1, 0.15) is 33.6 Å². The second-order valence-electron chi connectivity index (χ2n) is 6.82. The summed E-state index contributed by atoms with van der Waals surface area (Å²) in [5.41, 5.74) is 0. The van der Waals surface area contributed by atoms with E-state index >= 15 is 0 Å². The lowest BCUT2D eigenvalue weighted by atomic mass is 10.2. The predicted octanol–water partition coefficient (Wildman–Crippen LogP) is 1.30. The van der Waals surface area contributed by atoms with Crippen LogP contribution in [0.2, 0.25) is 0 Å². The van der Waals surface area contributed by atoms with E-state index in [2.05, 4.69) is 46.1 Å². The Morgan fingerprint density at radius 3 is 2.46 bits per heavy atom. The quantitative estimate of drug-likeness (QED) is 0.441. The third-order valence-electron chi connectivity index (χ3n) is 4.18. The Kier molecular flexibility index (Phi) is 8.01. The van der Waals surface area contributed by atoms with Crippen LogP contribution in [0.4, 0.5) is 0 Å². The fourth-order valence-corrected chi connectivity index (χ4v) is 3.01. The van der Waals surface area contributed by atoms with Gasteiger partial charge in [0, 0.05) is 52.4 Å². The van der Waals surface area contributed by atoms with Gasteiger partial charge in [-0.15, -0.1) is 10.2 Å². The van der Waals surface area contributed by atoms with Gasteiger partial charge in [-0.05, 0) is 25.7 Å². The monoisotopic (exact) mass is 335 g/mol. The molecule has 0 radical (unpaired) electrons. The lowest BCUT2D eigenvalue weighted by molar-refractivity contribution is 0.164. The number of rotatable bonds is 8. The van der Waals surface area contributed by atoms with Gasteiger partial charge in [0.2, 0.25) is 0 Å². The molecule has 7 heteroatoms. The van der Waals surface area contributed by atoms with Crippen LogP contribution in [0.5, 0.6) is 0 Å². The summed E-state index contributed by atoms with van der Waals surface area (Å²) in [7, 11) is 0. The normalized spacial score (nSPS) is 16.8. The molecule has 0 unspecified atom stereocenters. The molecule has 0 atom stereocenters. The van der Waals surface area contributed by atoms with Gasteiger partial charge in [0.25, 0.3) is 0 Å². The number of piperazine rings is 1. The molecule has 0 bridgehead atoms. The topological polar surface area (TPSA) is 61.6 Å². The average Bonchev–Trinajstić information content (AvgIpc) is 3.07. The number of aromatic nitrogens is 3. The largest absolute Gasteiger partial charge is 0.357 e. The number of aliphatic imine (C=N–C) groups is 1. The molecule has 0 amide bonds. The van der Waals surface area contributed by atoms with E-state index in [1.165, 1.54) is 6.54 Å². The SMILES string of the molecule is CCNC(=NCCCCn1cnnc1)N1CCN(CC(C)C)CC1. The minimum atomic E-state index is 0.740. The summed E-state index contributed by atoms with van der Waals surface area (Å²) in [5, 5.41) is 11.1. The smallest absolute Gasteiger partial charge is 0.194 e. The van der Waals surface area contributed by atoms with Gasteiger partial charge >= 0.3 is 0 Å². The summed E-state index contributed by atoms with van der Waals surface area (Å²) in [4.78, 5) is 9.78. The van der Waals surface area contributed by atoms with Crippen LogP contribution < -0.4 is 5.32 Å². The number of unbranched alkanes of at least 4 members (excludes halogenated alkanes) is 1. The van der Waals surface area contributed by atoms with Gasteiger partial charge in [0.15, 0.2) is 5.96 Å². The maximum atomic E-state index is 4.81. The zero-order chi connectivity index (χ0) is 17.2. The van der Waals surface area contributed by atoms with Crippen molar-refractivity contribution in [3.8, 4) is 0 Å². The Morgan fingerprint density at radius 1 is 1.12 bits per heavy atom. The van der Waals surface area contributed by atoms with Crippen molar-refractivity contribution >= 4 is 5.96 Å². The molecule has 1 N–H and O–H groups in total. The van der Waals surface area contributed by atoms with Gasteiger partial charge in [-0.1, -0.05) is 13.8 Å². The first-order valence-corrected chi connectivity index (χ1v) is 9.27. The number of aryl methyl sites for hydroxylation is 1. The van der Waals surface area contributed by atoms with E-state index in [0.29, 0.717) is 0 Å². The lowest BCUT2D eigenvalue weighted by Gasteiger charge is -2.37. The molecule has 7 nitrogen and oxygen atoms in total. The third-order valence-corrected chi connectivity index (χ3v) is 4.18. The van der Waals surface area contributed by atoms with Gasteiger partial charge in [-0.25, -0.2) is 0 Å². The second kappa shape index (κ2) is 10.3. The van der Waals surface area contributed by atoms with Gasteiger partial charge < -0.3 is 14.8 Å². The highest BCUT2D eigenvalue weighted by Crippen LogP contribution is 2.06. The molecule has 1 aliphatic rings. The molecule has 2 rings (SSSR count). The van der Waals surface area contributed by atoms with E-state index < -0.39 is 0 Å². The number of nitrogens with zero attached hydrogens (tertiary/aromatic N) is 6. The highest BCUT2D eigenvalue weighted by atomic mass is 15.3. The van der Waals surface area contributed by atoms with Crippen molar-refractivity contribution in [2.75, 3.05) is 45.8 Å². The van der Waals surface area contributed by atoms with E-state index in [9.17, 15) is 0 Å². The van der Waals surface area contributed by atoms with Gasteiger partial charge in [0.05, 0.1) is 0 Å². The summed E-state index contributed by atoms with van der Waals surface area (Å²) in [6.45, 7) is 15.1. The fraction of sp³-hybridized carbons (Fsp3) is 0.824. The fourth-order valence-electron chi connectivity index (χ4n) is 3.01. The number of nitrogens with one attached hydrogen (secondary N) is 1. The first kappa shape index (κ1) is 18.7. The van der Waals surface area contributed by atoms with Crippen LogP contribution >= 0.6 is 0 Å². The zero-order valence-corrected chi connectivity index (χ0v) is 15.5. The van der Waals surface area contributed by atoms with Crippen molar-refractivity contribution < 1.29 is 0 Å². The molecule has 2 heterocycles. The van der Waals surface area contributed by atoms with Crippen molar-refractivity contribution in [1.82, 2.24) is 29.9 Å². The number of hydrogen-bond acceptors (Lipinski definition) is 4. The Balaban J connectivity index is 1.72. The summed E-state index contributed by atoms with van der Waals surface area (Å²) >= 11 is 0. The summed E-state index contributed by atoms with van der Waals surface area (Å²) in [6.07, 6.45) is 5.72. The Labute approximate surface area is 146 Å². The van der Waals surface area contributed by atoms with Crippen molar-refractivity contribution in [2.24, 2.45) is 10.9 Å².